The lowest BCUT2D eigenvalue weighted by atomic mass is 10.1. The first-order chi connectivity index (χ1) is 14.4. The van der Waals surface area contributed by atoms with Crippen molar-refractivity contribution in [3.8, 4) is 0 Å². The summed E-state index contributed by atoms with van der Waals surface area (Å²) < 4.78 is 42.5. The van der Waals surface area contributed by atoms with E-state index in [0.29, 0.717) is 19.3 Å². The van der Waals surface area contributed by atoms with Crippen LogP contribution in [0.25, 0.3) is 0 Å². The molecule has 0 saturated carbocycles. The number of nitrogens with one attached hydrogen (secondary N) is 1. The van der Waals surface area contributed by atoms with Crippen molar-refractivity contribution in [2.45, 2.75) is 51.2 Å². The number of esters is 2. The van der Waals surface area contributed by atoms with Crippen molar-refractivity contribution < 1.29 is 51.8 Å². The lowest BCUT2D eigenvalue weighted by Gasteiger charge is -2.27. The largest absolute Gasteiger partial charge is 0.469 e. The van der Waals surface area contributed by atoms with Gasteiger partial charge in [-0.05, 0) is 26.2 Å². The van der Waals surface area contributed by atoms with Gasteiger partial charge >= 0.3 is 19.8 Å². The number of phosphoric acid groups is 1. The highest BCUT2D eigenvalue weighted by Gasteiger charge is 2.37. The highest BCUT2D eigenvalue weighted by atomic mass is 31.2. The van der Waals surface area contributed by atoms with Crippen LogP contribution >= 0.6 is 15.2 Å². The molecule has 0 aromatic heterocycles. The summed E-state index contributed by atoms with van der Waals surface area (Å²) in [7, 11) is -4.36. The second-order valence-corrected chi connectivity index (χ2v) is 11.0. The van der Waals surface area contributed by atoms with Gasteiger partial charge in [0, 0.05) is 26.1 Å². The zero-order valence-electron chi connectivity index (χ0n) is 18.3. The molecule has 1 amide bonds. The number of unbranched alkanes of at least 4 members (excludes halogenated alkanes) is 2. The van der Waals surface area contributed by atoms with Gasteiger partial charge in [-0.15, -0.1) is 0 Å². The number of phosphoric ester groups is 1. The molecule has 0 fully saturated rings. The molecule has 3 unspecified atom stereocenters. The van der Waals surface area contributed by atoms with E-state index < -0.39 is 38.8 Å². The van der Waals surface area contributed by atoms with Gasteiger partial charge in [0.1, 0.15) is 5.78 Å². The summed E-state index contributed by atoms with van der Waals surface area (Å²) in [5.41, 5.74) is 0. The van der Waals surface area contributed by atoms with E-state index in [-0.39, 0.29) is 37.9 Å². The van der Waals surface area contributed by atoms with Crippen LogP contribution in [0, 0.1) is 5.92 Å². The van der Waals surface area contributed by atoms with E-state index in [1.807, 2.05) is 0 Å². The molecule has 0 spiro atoms. The minimum atomic E-state index is -4.49. The minimum Gasteiger partial charge on any atom is -0.469 e. The quantitative estimate of drug-likeness (QED) is 0.164. The Balaban J connectivity index is 4.70. The van der Waals surface area contributed by atoms with Gasteiger partial charge in [0.2, 0.25) is 13.3 Å². The third-order valence-electron chi connectivity index (χ3n) is 4.51. The van der Waals surface area contributed by atoms with Crippen LogP contribution in [0.5, 0.6) is 0 Å². The SMILES string of the molecule is COC(=O)CCC(CP(=O)(OC)C(C)NC(=O)CCCCCOP(=O)(O)O)C(=O)OC. The Morgan fingerprint density at radius 1 is 0.968 bits per heavy atom. The Bertz CT molecular complexity index is 679. The Kier molecular flexibility index (Phi) is 14.1. The van der Waals surface area contributed by atoms with E-state index in [9.17, 15) is 23.5 Å². The Labute approximate surface area is 182 Å². The molecule has 31 heavy (non-hydrogen) atoms. The first kappa shape index (κ1) is 29.7. The number of methoxy groups -OCH3 is 2. The molecule has 182 valence electrons. The smallest absolute Gasteiger partial charge is 0.469 e. The average Bonchev–Trinajstić information content (AvgIpc) is 2.71. The Hall–Kier alpha value is -1.29. The van der Waals surface area contributed by atoms with Crippen LogP contribution in [-0.2, 0) is 42.0 Å². The fourth-order valence-corrected chi connectivity index (χ4v) is 5.13. The van der Waals surface area contributed by atoms with Crippen LogP contribution in [0.4, 0.5) is 0 Å². The minimum absolute atomic E-state index is 0.0596. The normalized spacial score (nSPS) is 15.4. The summed E-state index contributed by atoms with van der Waals surface area (Å²) in [6.45, 7) is 1.38. The van der Waals surface area contributed by atoms with Crippen molar-refractivity contribution in [3.05, 3.63) is 0 Å². The van der Waals surface area contributed by atoms with Crippen molar-refractivity contribution >= 4 is 33.0 Å². The van der Waals surface area contributed by atoms with Gasteiger partial charge in [0.05, 0.1) is 26.7 Å². The highest BCUT2D eigenvalue weighted by molar-refractivity contribution is 7.59. The molecular formula is C17H33NO11P2. The van der Waals surface area contributed by atoms with E-state index in [1.165, 1.54) is 28.3 Å². The summed E-state index contributed by atoms with van der Waals surface area (Å²) in [4.78, 5) is 52.7. The molecule has 0 aromatic rings. The maximum absolute atomic E-state index is 13.2. The lowest BCUT2D eigenvalue weighted by Crippen LogP contribution is -2.35. The van der Waals surface area contributed by atoms with E-state index >= 15 is 0 Å². The first-order valence-corrected chi connectivity index (χ1v) is 13.1. The number of hydrogen-bond donors (Lipinski definition) is 3. The molecule has 0 radical (unpaired) electrons. The maximum Gasteiger partial charge on any atom is 0.469 e. The third-order valence-corrected chi connectivity index (χ3v) is 7.91. The fourth-order valence-electron chi connectivity index (χ4n) is 2.69. The number of ether oxygens (including phenoxy) is 2. The topological polar surface area (TPSA) is 175 Å². The molecule has 3 atom stereocenters. The van der Waals surface area contributed by atoms with Crippen molar-refractivity contribution in [2.75, 3.05) is 34.1 Å². The van der Waals surface area contributed by atoms with Crippen LogP contribution in [0.3, 0.4) is 0 Å². The highest BCUT2D eigenvalue weighted by Crippen LogP contribution is 2.52. The number of rotatable bonds is 16. The summed E-state index contributed by atoms with van der Waals surface area (Å²) in [5, 5.41) is 2.60. The average molecular weight is 489 g/mol. The molecule has 0 aliphatic heterocycles. The first-order valence-electron chi connectivity index (χ1n) is 9.67. The molecule has 3 N–H and O–H groups in total. The Morgan fingerprint density at radius 2 is 1.61 bits per heavy atom. The van der Waals surface area contributed by atoms with Crippen molar-refractivity contribution in [1.29, 1.82) is 0 Å². The van der Waals surface area contributed by atoms with E-state index in [2.05, 4.69) is 14.6 Å². The summed E-state index contributed by atoms with van der Waals surface area (Å²) in [6, 6.07) is 0. The van der Waals surface area contributed by atoms with Crippen molar-refractivity contribution in [3.63, 3.8) is 0 Å². The van der Waals surface area contributed by atoms with Gasteiger partial charge < -0.3 is 29.1 Å². The molecule has 0 heterocycles. The molecule has 0 bridgehead atoms. The van der Waals surface area contributed by atoms with E-state index in [0.717, 1.165) is 0 Å². The van der Waals surface area contributed by atoms with Crippen LogP contribution in [0.2, 0.25) is 0 Å². The lowest BCUT2D eigenvalue weighted by molar-refractivity contribution is -0.146. The van der Waals surface area contributed by atoms with Crippen LogP contribution in [-0.4, -0.2) is 67.5 Å². The number of carbonyl (C=O) groups excluding carboxylic acids is 3. The van der Waals surface area contributed by atoms with Crippen molar-refractivity contribution in [2.24, 2.45) is 5.92 Å². The second-order valence-electron chi connectivity index (χ2n) is 6.80. The predicted octanol–water partition coefficient (Wildman–Crippen LogP) is 1.79. The third kappa shape index (κ3) is 13.0. The van der Waals surface area contributed by atoms with Gasteiger partial charge in [0.15, 0.2) is 0 Å². The molecule has 0 aromatic carbocycles. The molecule has 0 rings (SSSR count). The summed E-state index contributed by atoms with van der Waals surface area (Å²) in [6.07, 6.45) is 1.19. The number of hydrogen-bond acceptors (Lipinski definition) is 9. The van der Waals surface area contributed by atoms with E-state index in [1.54, 1.807) is 0 Å². The Morgan fingerprint density at radius 3 is 2.13 bits per heavy atom. The number of carbonyl (C=O) groups is 3. The van der Waals surface area contributed by atoms with Gasteiger partial charge in [-0.3, -0.25) is 23.5 Å². The van der Waals surface area contributed by atoms with Crippen LogP contribution in [0.15, 0.2) is 0 Å². The van der Waals surface area contributed by atoms with Gasteiger partial charge in [0.25, 0.3) is 0 Å². The van der Waals surface area contributed by atoms with Gasteiger partial charge in [-0.2, -0.15) is 0 Å². The summed E-state index contributed by atoms with van der Waals surface area (Å²) in [5.74, 6) is -3.30. The maximum atomic E-state index is 13.2. The second kappa shape index (κ2) is 14.7. The van der Waals surface area contributed by atoms with Crippen molar-refractivity contribution in [1.82, 2.24) is 5.32 Å². The zero-order chi connectivity index (χ0) is 24.1. The molecule has 0 aliphatic rings. The molecular weight excluding hydrogens is 456 g/mol. The monoisotopic (exact) mass is 489 g/mol. The molecule has 14 heteroatoms. The van der Waals surface area contributed by atoms with E-state index in [4.69, 9.17) is 19.0 Å². The fraction of sp³-hybridized carbons (Fsp3) is 0.824. The molecule has 0 saturated heterocycles. The van der Waals surface area contributed by atoms with Crippen LogP contribution < -0.4 is 5.32 Å². The standard InChI is InChI=1S/C17H33NO11P2/c1-13(18-15(19)8-6-5-7-11-29-31(23,24)25)30(22,28-4)12-14(17(21)27-3)9-10-16(20)26-2/h13-14H,5-12H2,1-4H3,(H,18,19)(H2,23,24,25). The molecule has 12 nitrogen and oxygen atoms in total. The van der Waals surface area contributed by atoms with Gasteiger partial charge in [-0.1, -0.05) is 6.42 Å². The zero-order valence-corrected chi connectivity index (χ0v) is 20.1. The number of amides is 1. The summed E-state index contributed by atoms with van der Waals surface area (Å²) >= 11 is 0. The molecule has 0 aliphatic carbocycles. The van der Waals surface area contributed by atoms with Gasteiger partial charge in [-0.25, -0.2) is 4.57 Å². The predicted molar refractivity (Wildman–Crippen MR) is 110 cm³/mol. The van der Waals surface area contributed by atoms with Crippen LogP contribution in [0.1, 0.15) is 45.4 Å².